The second-order valence-electron chi connectivity index (χ2n) is 3.57. The minimum Gasteiger partial charge on any atom is -0.313 e. The van der Waals surface area contributed by atoms with Crippen LogP contribution >= 0.6 is 34.5 Å². The van der Waals surface area contributed by atoms with Crippen molar-refractivity contribution >= 4 is 39.5 Å². The van der Waals surface area contributed by atoms with Crippen LogP contribution in [-0.2, 0) is 13.1 Å². The van der Waals surface area contributed by atoms with Crippen molar-refractivity contribution in [2.75, 3.05) is 12.5 Å². The van der Waals surface area contributed by atoms with E-state index in [9.17, 15) is 0 Å². The van der Waals surface area contributed by atoms with Crippen LogP contribution in [0.5, 0.6) is 0 Å². The lowest BCUT2D eigenvalue weighted by Gasteiger charge is -2.14. The highest BCUT2D eigenvalue weighted by Crippen LogP contribution is 2.23. The smallest absolute Gasteiger partial charge is 0.148 e. The lowest BCUT2D eigenvalue weighted by molar-refractivity contribution is 0.318. The average Bonchev–Trinajstić information content (AvgIpc) is 2.87. The molecule has 2 rings (SSSR count). The second kappa shape index (κ2) is 5.74. The van der Waals surface area contributed by atoms with Gasteiger partial charge in [-0.2, -0.15) is 0 Å². The molecule has 0 aromatic carbocycles. The molecule has 0 saturated carbocycles. The predicted molar refractivity (Wildman–Crippen MR) is 72.2 cm³/mol. The predicted octanol–water partition coefficient (Wildman–Crippen LogP) is 2.17. The molecule has 2 aromatic rings. The third-order valence-electron chi connectivity index (χ3n) is 2.16. The molecule has 8 heteroatoms. The fraction of sp³-hybridized carbons (Fsp3) is 0.333. The first-order valence-corrected chi connectivity index (χ1v) is 6.86. The van der Waals surface area contributed by atoms with Gasteiger partial charge < -0.3 is 5.43 Å². The molecule has 0 radical (unpaired) electrons. The molecular weight excluding hydrogens is 278 g/mol. The number of halogens is 1. The molecule has 0 spiro atoms. The van der Waals surface area contributed by atoms with Gasteiger partial charge in [0.1, 0.15) is 10.7 Å². The molecule has 0 unspecified atom stereocenters. The topological polar surface area (TPSA) is 67.1 Å². The number of hydrogen-bond donors (Lipinski definition) is 2. The van der Waals surface area contributed by atoms with Gasteiger partial charge in [0.2, 0.25) is 0 Å². The SMILES string of the molecule is CN(Cc1ccc(Cl)s1)Cc1nnsc1NN. The first-order chi connectivity index (χ1) is 8.19. The maximum atomic E-state index is 5.89. The molecule has 0 aliphatic carbocycles. The summed E-state index contributed by atoms with van der Waals surface area (Å²) >= 11 is 8.74. The Morgan fingerprint density at radius 3 is 2.94 bits per heavy atom. The highest BCUT2D eigenvalue weighted by atomic mass is 35.5. The van der Waals surface area contributed by atoms with Crippen LogP contribution in [0, 0.1) is 0 Å². The van der Waals surface area contributed by atoms with Crippen molar-refractivity contribution in [1.82, 2.24) is 14.5 Å². The number of nitrogens with one attached hydrogen (secondary N) is 1. The molecule has 0 atom stereocenters. The molecule has 3 N–H and O–H groups in total. The van der Waals surface area contributed by atoms with E-state index in [2.05, 4.69) is 19.9 Å². The first kappa shape index (κ1) is 12.7. The number of aromatic nitrogens is 2. The van der Waals surface area contributed by atoms with Crippen molar-refractivity contribution < 1.29 is 0 Å². The van der Waals surface area contributed by atoms with Gasteiger partial charge in [0.15, 0.2) is 0 Å². The van der Waals surface area contributed by atoms with E-state index in [1.54, 1.807) is 11.3 Å². The molecule has 2 heterocycles. The van der Waals surface area contributed by atoms with Crippen molar-refractivity contribution in [2.24, 2.45) is 5.84 Å². The Labute approximate surface area is 112 Å². The summed E-state index contributed by atoms with van der Waals surface area (Å²) in [4.78, 5) is 3.36. The van der Waals surface area contributed by atoms with Gasteiger partial charge in [0.05, 0.1) is 4.34 Å². The van der Waals surface area contributed by atoms with Crippen LogP contribution in [-0.4, -0.2) is 21.5 Å². The summed E-state index contributed by atoms with van der Waals surface area (Å²) in [6.45, 7) is 1.53. The van der Waals surface area contributed by atoms with Crippen molar-refractivity contribution in [1.29, 1.82) is 0 Å². The van der Waals surface area contributed by atoms with Gasteiger partial charge >= 0.3 is 0 Å². The number of nitrogens with two attached hydrogens (primary N) is 1. The zero-order valence-electron chi connectivity index (χ0n) is 9.18. The van der Waals surface area contributed by atoms with Crippen molar-refractivity contribution in [3.63, 3.8) is 0 Å². The fourth-order valence-electron chi connectivity index (χ4n) is 1.44. The normalized spacial score (nSPS) is 11.1. The maximum Gasteiger partial charge on any atom is 0.148 e. The van der Waals surface area contributed by atoms with Gasteiger partial charge in [-0.15, -0.1) is 16.4 Å². The minimum atomic E-state index is 0.700. The van der Waals surface area contributed by atoms with Gasteiger partial charge in [-0.3, -0.25) is 4.90 Å². The number of nitrogens with zero attached hydrogens (tertiary/aromatic N) is 3. The van der Waals surface area contributed by atoms with Crippen LogP contribution in [0.2, 0.25) is 4.34 Å². The number of nitrogen functional groups attached to an aromatic ring is 1. The van der Waals surface area contributed by atoms with E-state index >= 15 is 0 Å². The highest BCUT2D eigenvalue weighted by Gasteiger charge is 2.10. The Morgan fingerprint density at radius 1 is 1.47 bits per heavy atom. The zero-order chi connectivity index (χ0) is 12.3. The van der Waals surface area contributed by atoms with Crippen molar-refractivity contribution in [3.8, 4) is 0 Å². The lowest BCUT2D eigenvalue weighted by Crippen LogP contribution is -2.18. The molecule has 0 aliphatic rings. The molecular formula is C9H12ClN5S2. The summed E-state index contributed by atoms with van der Waals surface area (Å²) < 4.78 is 4.67. The Morgan fingerprint density at radius 2 is 2.29 bits per heavy atom. The molecule has 17 heavy (non-hydrogen) atoms. The summed E-state index contributed by atoms with van der Waals surface area (Å²) in [5, 5.41) is 4.84. The quantitative estimate of drug-likeness (QED) is 0.652. The van der Waals surface area contributed by atoms with Crippen LogP contribution in [0.25, 0.3) is 0 Å². The Kier molecular flexibility index (Phi) is 4.30. The number of hydrazine groups is 1. The van der Waals surface area contributed by atoms with E-state index in [0.717, 1.165) is 21.6 Å². The zero-order valence-corrected chi connectivity index (χ0v) is 11.6. The molecule has 5 nitrogen and oxygen atoms in total. The summed E-state index contributed by atoms with van der Waals surface area (Å²) in [6, 6.07) is 3.94. The van der Waals surface area contributed by atoms with E-state index in [1.807, 2.05) is 19.2 Å². The third kappa shape index (κ3) is 3.36. The summed E-state index contributed by atoms with van der Waals surface area (Å²) in [5.41, 5.74) is 3.46. The van der Waals surface area contributed by atoms with Crippen molar-refractivity contribution in [2.45, 2.75) is 13.1 Å². The van der Waals surface area contributed by atoms with Crippen LogP contribution in [0.4, 0.5) is 5.00 Å². The first-order valence-electron chi connectivity index (χ1n) is 4.89. The van der Waals surface area contributed by atoms with Crippen LogP contribution in [0.15, 0.2) is 12.1 Å². The van der Waals surface area contributed by atoms with E-state index in [1.165, 1.54) is 16.4 Å². The van der Waals surface area contributed by atoms with Gasteiger partial charge in [0, 0.05) is 29.5 Å². The average molecular weight is 290 g/mol. The van der Waals surface area contributed by atoms with Crippen LogP contribution in [0.1, 0.15) is 10.6 Å². The highest BCUT2D eigenvalue weighted by molar-refractivity contribution is 7.16. The Hall–Kier alpha value is -0.730. The monoisotopic (exact) mass is 289 g/mol. The molecule has 92 valence electrons. The van der Waals surface area contributed by atoms with Crippen molar-refractivity contribution in [3.05, 3.63) is 27.0 Å². The second-order valence-corrected chi connectivity index (χ2v) is 6.12. The number of thiophene rings is 1. The summed E-state index contributed by atoms with van der Waals surface area (Å²) in [6.07, 6.45) is 0. The number of rotatable bonds is 5. The molecule has 0 saturated heterocycles. The van der Waals surface area contributed by atoms with Crippen LogP contribution in [0.3, 0.4) is 0 Å². The third-order valence-corrected chi connectivity index (χ3v) is 4.08. The lowest BCUT2D eigenvalue weighted by atomic mass is 10.4. The molecule has 2 aromatic heterocycles. The fourth-order valence-corrected chi connectivity index (χ4v) is 3.09. The van der Waals surface area contributed by atoms with Gasteiger partial charge in [-0.1, -0.05) is 16.1 Å². The Bertz CT molecular complexity index is 483. The number of hydrogen-bond acceptors (Lipinski definition) is 7. The standard InChI is InChI=1S/C9H12ClN5S2/c1-15(4-6-2-3-8(10)16-6)5-7-9(12-11)17-14-13-7/h2-3,12H,4-5,11H2,1H3. The maximum absolute atomic E-state index is 5.89. The van der Waals surface area contributed by atoms with E-state index in [-0.39, 0.29) is 0 Å². The number of anilines is 1. The largest absolute Gasteiger partial charge is 0.313 e. The molecule has 0 aliphatic heterocycles. The van der Waals surface area contributed by atoms with Gasteiger partial charge in [-0.05, 0) is 19.2 Å². The van der Waals surface area contributed by atoms with Gasteiger partial charge in [-0.25, -0.2) is 5.84 Å². The van der Waals surface area contributed by atoms with E-state index in [0.29, 0.717) is 6.54 Å². The Balaban J connectivity index is 1.95. The van der Waals surface area contributed by atoms with Crippen LogP contribution < -0.4 is 11.3 Å². The summed E-state index contributed by atoms with van der Waals surface area (Å²) in [7, 11) is 2.02. The molecule has 0 fully saturated rings. The van der Waals surface area contributed by atoms with Gasteiger partial charge in [0.25, 0.3) is 0 Å². The molecule has 0 bridgehead atoms. The van der Waals surface area contributed by atoms with E-state index < -0.39 is 0 Å². The summed E-state index contributed by atoms with van der Waals surface area (Å²) in [5.74, 6) is 5.37. The van der Waals surface area contributed by atoms with E-state index in [4.69, 9.17) is 17.4 Å². The minimum absolute atomic E-state index is 0.700. The molecule has 0 amide bonds.